The number of sulfonamides is 1. The molecule has 2 aromatic carbocycles. The summed E-state index contributed by atoms with van der Waals surface area (Å²) in [6, 6.07) is 12.4. The predicted octanol–water partition coefficient (Wildman–Crippen LogP) is 4.00. The SMILES string of the molecule is C[C@](O)(c1ccc(N2CCN(S(=O)(=O)c3ccccc3S)C[C@@H]2CN2C3CCCC2CC(O)C3)cc1)C(F)(F)F. The standard InChI is InChI=1S/C28H36F3N3O4S2/c1-27(36,28(29,30)31)19-9-11-20(12-10-19)33-14-13-32(40(37,38)26-8-3-2-7-25(26)39)17-23(33)18-34-21-5-4-6-22(34)16-24(35)15-21/h2-3,7-12,21-24,35-36,39H,4-6,13-18H2,1H3/t21?,22?,23-,24?,27+/m1/s1. The molecule has 0 aromatic heterocycles. The Hall–Kier alpha value is -1.83. The average Bonchev–Trinajstić information content (AvgIpc) is 2.89. The molecular weight excluding hydrogens is 563 g/mol. The number of benzene rings is 2. The first-order chi connectivity index (χ1) is 18.8. The number of hydrogen-bond donors (Lipinski definition) is 3. The highest BCUT2D eigenvalue weighted by molar-refractivity contribution is 7.90. The van der Waals surface area contributed by atoms with Gasteiger partial charge in [-0.25, -0.2) is 8.42 Å². The Morgan fingerprint density at radius 1 is 1.00 bits per heavy atom. The molecule has 0 spiro atoms. The van der Waals surface area contributed by atoms with Gasteiger partial charge >= 0.3 is 6.18 Å². The molecule has 0 aliphatic carbocycles. The number of aliphatic hydroxyl groups is 2. The Bertz CT molecular complexity index is 1290. The summed E-state index contributed by atoms with van der Waals surface area (Å²) in [6.45, 7) is 2.05. The molecule has 40 heavy (non-hydrogen) atoms. The number of piperazine rings is 1. The lowest BCUT2D eigenvalue weighted by Crippen LogP contribution is -2.62. The number of piperidine rings is 2. The van der Waals surface area contributed by atoms with Gasteiger partial charge in [0.1, 0.15) is 0 Å². The van der Waals surface area contributed by atoms with Crippen molar-refractivity contribution < 1.29 is 31.8 Å². The predicted molar refractivity (Wildman–Crippen MR) is 149 cm³/mol. The first-order valence-corrected chi connectivity index (χ1v) is 15.6. The molecule has 220 valence electrons. The maximum atomic E-state index is 13.7. The lowest BCUT2D eigenvalue weighted by molar-refractivity contribution is -0.258. The second-order valence-electron chi connectivity index (χ2n) is 11.4. The summed E-state index contributed by atoms with van der Waals surface area (Å²) in [5.41, 5.74) is -2.57. The van der Waals surface area contributed by atoms with Crippen molar-refractivity contribution in [3.05, 3.63) is 54.1 Å². The van der Waals surface area contributed by atoms with E-state index >= 15 is 0 Å². The molecule has 2 bridgehead atoms. The minimum Gasteiger partial charge on any atom is -0.393 e. The Balaban J connectivity index is 1.45. The van der Waals surface area contributed by atoms with Crippen LogP contribution in [0.5, 0.6) is 0 Å². The molecule has 7 nitrogen and oxygen atoms in total. The van der Waals surface area contributed by atoms with Crippen LogP contribution in [0.15, 0.2) is 58.3 Å². The number of thiol groups is 1. The van der Waals surface area contributed by atoms with Gasteiger partial charge in [0.05, 0.1) is 17.0 Å². The van der Waals surface area contributed by atoms with Gasteiger partial charge < -0.3 is 15.1 Å². The van der Waals surface area contributed by atoms with Crippen LogP contribution < -0.4 is 4.90 Å². The van der Waals surface area contributed by atoms with Crippen molar-refractivity contribution in [2.45, 2.75) is 84.8 Å². The number of aliphatic hydroxyl groups excluding tert-OH is 1. The van der Waals surface area contributed by atoms with Crippen molar-refractivity contribution in [2.24, 2.45) is 0 Å². The molecule has 0 amide bonds. The smallest absolute Gasteiger partial charge is 0.393 e. The fraction of sp³-hybridized carbons (Fsp3) is 0.571. The third-order valence-electron chi connectivity index (χ3n) is 8.76. The average molecular weight is 600 g/mol. The zero-order valence-electron chi connectivity index (χ0n) is 22.3. The van der Waals surface area contributed by atoms with Crippen molar-refractivity contribution >= 4 is 28.3 Å². The summed E-state index contributed by atoms with van der Waals surface area (Å²) in [4.78, 5) is 4.97. The zero-order valence-corrected chi connectivity index (χ0v) is 24.0. The molecule has 0 radical (unpaired) electrons. The maximum Gasteiger partial charge on any atom is 0.421 e. The van der Waals surface area contributed by atoms with E-state index in [4.69, 9.17) is 0 Å². The first kappa shape index (κ1) is 29.7. The largest absolute Gasteiger partial charge is 0.421 e. The summed E-state index contributed by atoms with van der Waals surface area (Å²) in [5.74, 6) is 0. The van der Waals surface area contributed by atoms with E-state index in [9.17, 15) is 31.8 Å². The number of halogens is 3. The Labute approximate surface area is 239 Å². The molecule has 5 rings (SSSR count). The topological polar surface area (TPSA) is 84.3 Å². The van der Waals surface area contributed by atoms with Crippen LogP contribution >= 0.6 is 12.6 Å². The minimum atomic E-state index is -4.82. The summed E-state index contributed by atoms with van der Waals surface area (Å²) in [5, 5.41) is 20.5. The molecule has 2 aromatic rings. The molecule has 2 unspecified atom stereocenters. The van der Waals surface area contributed by atoms with E-state index in [1.807, 2.05) is 0 Å². The van der Waals surface area contributed by atoms with Crippen LogP contribution in [0.4, 0.5) is 18.9 Å². The Morgan fingerprint density at radius 3 is 2.23 bits per heavy atom. The Morgan fingerprint density at radius 2 is 1.62 bits per heavy atom. The number of nitrogens with zero attached hydrogens (tertiary/aromatic N) is 3. The van der Waals surface area contributed by atoms with Crippen molar-refractivity contribution in [3.8, 4) is 0 Å². The van der Waals surface area contributed by atoms with Crippen LogP contribution in [-0.2, 0) is 15.6 Å². The highest BCUT2D eigenvalue weighted by Gasteiger charge is 2.51. The van der Waals surface area contributed by atoms with Crippen LogP contribution in [-0.4, -0.2) is 84.4 Å². The third kappa shape index (κ3) is 5.63. The third-order valence-corrected chi connectivity index (χ3v) is 11.2. The maximum absolute atomic E-state index is 13.7. The number of rotatable bonds is 6. The highest BCUT2D eigenvalue weighted by atomic mass is 32.2. The van der Waals surface area contributed by atoms with Gasteiger partial charge in [-0.2, -0.15) is 17.5 Å². The van der Waals surface area contributed by atoms with Crippen LogP contribution in [0.1, 0.15) is 44.6 Å². The van der Waals surface area contributed by atoms with E-state index in [1.54, 1.807) is 36.4 Å². The lowest BCUT2D eigenvalue weighted by Gasteiger charge is -2.51. The Kier molecular flexibility index (Phi) is 8.23. The van der Waals surface area contributed by atoms with Gasteiger partial charge in [0, 0.05) is 48.8 Å². The minimum absolute atomic E-state index is 0.141. The molecule has 3 aliphatic rings. The van der Waals surface area contributed by atoms with Crippen molar-refractivity contribution in [2.75, 3.05) is 31.1 Å². The second kappa shape index (κ2) is 11.1. The molecule has 0 saturated carbocycles. The normalized spacial score (nSPS) is 28.3. The van der Waals surface area contributed by atoms with E-state index in [0.29, 0.717) is 36.5 Å². The summed E-state index contributed by atoms with van der Waals surface area (Å²) >= 11 is 4.37. The molecule has 3 saturated heterocycles. The van der Waals surface area contributed by atoms with Gasteiger partial charge in [0.25, 0.3) is 0 Å². The van der Waals surface area contributed by atoms with Crippen molar-refractivity contribution in [1.29, 1.82) is 0 Å². The van der Waals surface area contributed by atoms with Crippen LogP contribution in [0.3, 0.4) is 0 Å². The van der Waals surface area contributed by atoms with E-state index in [1.165, 1.54) is 16.4 Å². The number of alkyl halides is 3. The quantitative estimate of drug-likeness (QED) is 0.436. The molecular formula is C28H36F3N3O4S2. The van der Waals surface area contributed by atoms with Crippen molar-refractivity contribution in [3.63, 3.8) is 0 Å². The van der Waals surface area contributed by atoms with E-state index < -0.39 is 21.8 Å². The molecule has 12 heteroatoms. The summed E-state index contributed by atoms with van der Waals surface area (Å²) < 4.78 is 69.0. The van der Waals surface area contributed by atoms with Gasteiger partial charge in [-0.1, -0.05) is 30.7 Å². The molecule has 3 fully saturated rings. The van der Waals surface area contributed by atoms with Crippen LogP contribution in [0, 0.1) is 0 Å². The zero-order chi connectivity index (χ0) is 28.9. The van der Waals surface area contributed by atoms with Gasteiger partial charge in [0.15, 0.2) is 5.60 Å². The fourth-order valence-electron chi connectivity index (χ4n) is 6.49. The number of anilines is 1. The summed E-state index contributed by atoms with van der Waals surface area (Å²) in [7, 11) is -3.83. The van der Waals surface area contributed by atoms with Gasteiger partial charge in [-0.3, -0.25) is 4.90 Å². The van der Waals surface area contributed by atoms with E-state index in [-0.39, 0.29) is 47.8 Å². The second-order valence-corrected chi connectivity index (χ2v) is 13.7. The molecule has 3 aliphatic heterocycles. The van der Waals surface area contributed by atoms with Crippen LogP contribution in [0.25, 0.3) is 0 Å². The van der Waals surface area contributed by atoms with E-state index in [0.717, 1.165) is 26.2 Å². The molecule has 2 N–H and O–H groups in total. The first-order valence-electron chi connectivity index (χ1n) is 13.7. The fourth-order valence-corrected chi connectivity index (χ4v) is 8.55. The number of fused-ring (bicyclic) bond motifs is 2. The molecule has 3 heterocycles. The van der Waals surface area contributed by atoms with Gasteiger partial charge in [0.2, 0.25) is 10.0 Å². The van der Waals surface area contributed by atoms with Gasteiger partial charge in [-0.05, 0) is 62.4 Å². The highest BCUT2D eigenvalue weighted by Crippen LogP contribution is 2.40. The monoisotopic (exact) mass is 599 g/mol. The number of hydrogen-bond acceptors (Lipinski definition) is 7. The summed E-state index contributed by atoms with van der Waals surface area (Å²) in [6.07, 6.45) is -0.776. The van der Waals surface area contributed by atoms with Crippen LogP contribution in [0.2, 0.25) is 0 Å². The lowest BCUT2D eigenvalue weighted by atomic mass is 9.82. The molecule has 4 atom stereocenters. The van der Waals surface area contributed by atoms with E-state index in [2.05, 4.69) is 22.4 Å². The van der Waals surface area contributed by atoms with Gasteiger partial charge in [-0.15, -0.1) is 12.6 Å². The van der Waals surface area contributed by atoms with Crippen molar-refractivity contribution in [1.82, 2.24) is 9.21 Å².